The number of amides is 1. The smallest absolute Gasteiger partial charge is 0.224 e. The van der Waals surface area contributed by atoms with E-state index in [1.807, 2.05) is 13.8 Å². The fourth-order valence-electron chi connectivity index (χ4n) is 1.52. The largest absolute Gasteiger partial charge is 0.545 e. The van der Waals surface area contributed by atoms with E-state index in [0.29, 0.717) is 17.8 Å². The van der Waals surface area contributed by atoms with Gasteiger partial charge in [0.1, 0.15) is 5.00 Å². The summed E-state index contributed by atoms with van der Waals surface area (Å²) in [7, 11) is 0. The molecule has 0 unspecified atom stereocenters. The van der Waals surface area contributed by atoms with Gasteiger partial charge in [-0.15, -0.1) is 11.3 Å². The monoisotopic (exact) mass is 240 g/mol. The topological polar surface area (TPSA) is 69.2 Å². The third-order valence-electron chi connectivity index (χ3n) is 2.34. The molecule has 0 aromatic carbocycles. The average molecular weight is 240 g/mol. The van der Waals surface area contributed by atoms with E-state index in [1.165, 1.54) is 11.3 Å². The molecule has 1 heterocycles. The number of nitrogens with one attached hydrogen (secondary N) is 1. The molecule has 5 heteroatoms. The number of thiophene rings is 1. The number of carboxylic acids is 1. The molecular weight excluding hydrogens is 226 g/mol. The fraction of sp³-hybridized carbons (Fsp3) is 0.455. The van der Waals surface area contributed by atoms with E-state index in [0.717, 1.165) is 10.4 Å². The van der Waals surface area contributed by atoms with Crippen LogP contribution in [0.25, 0.3) is 0 Å². The van der Waals surface area contributed by atoms with Gasteiger partial charge in [-0.3, -0.25) is 4.79 Å². The first kappa shape index (κ1) is 12.7. The SMILES string of the molecule is CCC(=O)Nc1sc(C)c(CC)c1C(=O)[O-]. The second kappa shape index (κ2) is 5.12. The Balaban J connectivity index is 3.18. The van der Waals surface area contributed by atoms with Crippen LogP contribution < -0.4 is 10.4 Å². The van der Waals surface area contributed by atoms with Gasteiger partial charge in [0.15, 0.2) is 0 Å². The zero-order valence-electron chi connectivity index (χ0n) is 9.55. The number of hydrogen-bond donors (Lipinski definition) is 1. The Kier molecular flexibility index (Phi) is 4.06. The van der Waals surface area contributed by atoms with Gasteiger partial charge >= 0.3 is 0 Å². The normalized spacial score (nSPS) is 10.2. The number of hydrogen-bond acceptors (Lipinski definition) is 4. The summed E-state index contributed by atoms with van der Waals surface area (Å²) in [5.74, 6) is -1.42. The van der Waals surface area contributed by atoms with Crippen molar-refractivity contribution in [3.63, 3.8) is 0 Å². The minimum absolute atomic E-state index is 0.131. The molecule has 0 saturated heterocycles. The Morgan fingerprint density at radius 1 is 1.38 bits per heavy atom. The van der Waals surface area contributed by atoms with Crippen LogP contribution in [0.2, 0.25) is 0 Å². The Labute approximate surface area is 98.3 Å². The number of aryl methyl sites for hydroxylation is 1. The Hall–Kier alpha value is -1.36. The summed E-state index contributed by atoms with van der Waals surface area (Å²) in [6.45, 7) is 5.44. The first-order valence-electron chi connectivity index (χ1n) is 5.14. The van der Waals surface area contributed by atoms with Crippen molar-refractivity contribution in [3.05, 3.63) is 16.0 Å². The number of carboxylic acid groups (broad SMARTS) is 1. The van der Waals surface area contributed by atoms with Crippen LogP contribution in [0, 0.1) is 6.92 Å². The van der Waals surface area contributed by atoms with Crippen molar-refractivity contribution in [1.29, 1.82) is 0 Å². The van der Waals surface area contributed by atoms with Gasteiger partial charge in [-0.1, -0.05) is 13.8 Å². The molecule has 1 N–H and O–H groups in total. The van der Waals surface area contributed by atoms with Crippen molar-refractivity contribution in [2.24, 2.45) is 0 Å². The van der Waals surface area contributed by atoms with E-state index in [9.17, 15) is 14.7 Å². The van der Waals surface area contributed by atoms with Gasteiger partial charge in [-0.05, 0) is 18.9 Å². The second-order valence-corrected chi connectivity index (χ2v) is 4.61. The van der Waals surface area contributed by atoms with Crippen LogP contribution >= 0.6 is 11.3 Å². The lowest BCUT2D eigenvalue weighted by atomic mass is 10.1. The predicted molar refractivity (Wildman–Crippen MR) is 61.7 cm³/mol. The lowest BCUT2D eigenvalue weighted by molar-refractivity contribution is -0.254. The number of anilines is 1. The average Bonchev–Trinajstić information content (AvgIpc) is 2.54. The molecule has 16 heavy (non-hydrogen) atoms. The van der Waals surface area contributed by atoms with Crippen molar-refractivity contribution in [1.82, 2.24) is 0 Å². The van der Waals surface area contributed by atoms with Crippen LogP contribution in [0.5, 0.6) is 0 Å². The number of rotatable bonds is 4. The minimum atomic E-state index is -1.23. The molecule has 0 aliphatic heterocycles. The van der Waals surface area contributed by atoms with Crippen molar-refractivity contribution < 1.29 is 14.7 Å². The standard InChI is InChI=1S/C11H15NO3S/c1-4-7-6(3)16-10(9(7)11(14)15)12-8(13)5-2/h4-5H2,1-3H3,(H,12,13)(H,14,15)/p-1. The highest BCUT2D eigenvalue weighted by molar-refractivity contribution is 7.16. The Morgan fingerprint density at radius 3 is 2.44 bits per heavy atom. The predicted octanol–water partition coefficient (Wildman–Crippen LogP) is 1.33. The van der Waals surface area contributed by atoms with Crippen LogP contribution in [0.4, 0.5) is 5.00 Å². The van der Waals surface area contributed by atoms with Crippen LogP contribution in [0.1, 0.15) is 41.1 Å². The lowest BCUT2D eigenvalue weighted by Gasteiger charge is -2.08. The van der Waals surface area contributed by atoms with E-state index in [4.69, 9.17) is 0 Å². The highest BCUT2D eigenvalue weighted by Gasteiger charge is 2.16. The third-order valence-corrected chi connectivity index (χ3v) is 3.40. The van der Waals surface area contributed by atoms with Gasteiger partial charge in [-0.25, -0.2) is 0 Å². The maximum absolute atomic E-state index is 11.2. The molecule has 1 amide bonds. The Morgan fingerprint density at radius 2 is 2.00 bits per heavy atom. The zero-order chi connectivity index (χ0) is 12.3. The molecular formula is C11H14NO3S-. The summed E-state index contributed by atoms with van der Waals surface area (Å²) in [6, 6.07) is 0. The molecule has 1 aromatic rings. The molecule has 1 rings (SSSR count). The molecule has 0 spiro atoms. The lowest BCUT2D eigenvalue weighted by Crippen LogP contribution is -2.25. The molecule has 0 bridgehead atoms. The zero-order valence-corrected chi connectivity index (χ0v) is 10.4. The molecule has 0 aliphatic carbocycles. The van der Waals surface area contributed by atoms with E-state index in [2.05, 4.69) is 5.32 Å². The number of carbonyl (C=O) groups is 2. The highest BCUT2D eigenvalue weighted by Crippen LogP contribution is 2.32. The first-order valence-corrected chi connectivity index (χ1v) is 5.96. The molecule has 88 valence electrons. The van der Waals surface area contributed by atoms with Crippen LogP contribution in [0.15, 0.2) is 0 Å². The minimum Gasteiger partial charge on any atom is -0.545 e. The van der Waals surface area contributed by atoms with E-state index in [-0.39, 0.29) is 11.5 Å². The summed E-state index contributed by atoms with van der Waals surface area (Å²) < 4.78 is 0. The second-order valence-electron chi connectivity index (χ2n) is 3.38. The maximum atomic E-state index is 11.2. The van der Waals surface area contributed by atoms with Gasteiger partial charge in [0.05, 0.1) is 5.97 Å². The Bertz CT molecular complexity index is 423. The summed E-state index contributed by atoms with van der Waals surface area (Å²) in [5, 5.41) is 14.0. The van der Waals surface area contributed by atoms with Crippen LogP contribution in [-0.2, 0) is 11.2 Å². The van der Waals surface area contributed by atoms with Crippen molar-refractivity contribution in [3.8, 4) is 0 Å². The fourth-order valence-corrected chi connectivity index (χ4v) is 2.67. The summed E-state index contributed by atoms with van der Waals surface area (Å²) in [5.41, 5.74) is 0.878. The van der Waals surface area contributed by atoms with Crippen molar-refractivity contribution in [2.45, 2.75) is 33.6 Å². The molecule has 4 nitrogen and oxygen atoms in total. The molecule has 0 fully saturated rings. The van der Waals surface area contributed by atoms with Crippen LogP contribution in [0.3, 0.4) is 0 Å². The molecule has 0 atom stereocenters. The van der Waals surface area contributed by atoms with E-state index < -0.39 is 5.97 Å². The van der Waals surface area contributed by atoms with E-state index in [1.54, 1.807) is 6.92 Å². The van der Waals surface area contributed by atoms with Gasteiger partial charge in [-0.2, -0.15) is 0 Å². The van der Waals surface area contributed by atoms with Crippen LogP contribution in [-0.4, -0.2) is 11.9 Å². The highest BCUT2D eigenvalue weighted by atomic mass is 32.1. The quantitative estimate of drug-likeness (QED) is 0.863. The summed E-state index contributed by atoms with van der Waals surface area (Å²) >= 11 is 1.28. The molecule has 0 radical (unpaired) electrons. The molecule has 0 aliphatic rings. The number of carbonyl (C=O) groups excluding carboxylic acids is 2. The third kappa shape index (κ3) is 2.41. The maximum Gasteiger partial charge on any atom is 0.224 e. The van der Waals surface area contributed by atoms with Crippen molar-refractivity contribution in [2.75, 3.05) is 5.32 Å². The van der Waals surface area contributed by atoms with Crippen molar-refractivity contribution >= 4 is 28.2 Å². The van der Waals surface area contributed by atoms with Gasteiger partial charge in [0.25, 0.3) is 0 Å². The number of aromatic carboxylic acids is 1. The van der Waals surface area contributed by atoms with E-state index >= 15 is 0 Å². The van der Waals surface area contributed by atoms with Gasteiger partial charge in [0, 0.05) is 16.9 Å². The van der Waals surface area contributed by atoms with Gasteiger partial charge < -0.3 is 15.2 Å². The van der Waals surface area contributed by atoms with Gasteiger partial charge in [0.2, 0.25) is 5.91 Å². The summed E-state index contributed by atoms with van der Waals surface area (Å²) in [4.78, 5) is 23.2. The first-order chi connectivity index (χ1) is 7.51. The summed E-state index contributed by atoms with van der Waals surface area (Å²) in [6.07, 6.45) is 0.943. The molecule has 0 saturated carbocycles. The molecule has 1 aromatic heterocycles.